The molecule has 12 heavy (non-hydrogen) atoms. The van der Waals surface area contributed by atoms with Gasteiger partial charge in [-0.15, -0.1) is 0 Å². The summed E-state index contributed by atoms with van der Waals surface area (Å²) in [7, 11) is 0. The van der Waals surface area contributed by atoms with Gasteiger partial charge >= 0.3 is 5.97 Å². The fourth-order valence-electron chi connectivity index (χ4n) is 0.610. The Morgan fingerprint density at radius 1 is 1.42 bits per heavy atom. The second-order valence-electron chi connectivity index (χ2n) is 2.41. The van der Waals surface area contributed by atoms with E-state index in [9.17, 15) is 4.79 Å². The molecule has 0 radical (unpaired) electrons. The molecule has 0 unspecified atom stereocenters. The van der Waals surface area contributed by atoms with Crippen molar-refractivity contribution in [1.29, 1.82) is 0 Å². The summed E-state index contributed by atoms with van der Waals surface area (Å²) in [5, 5.41) is 0. The Morgan fingerprint density at radius 2 is 2.17 bits per heavy atom. The minimum Gasteiger partial charge on any atom is -0.463 e. The zero-order valence-corrected chi connectivity index (χ0v) is 7.75. The summed E-state index contributed by atoms with van der Waals surface area (Å²) in [6.45, 7) is 4.48. The largest absolute Gasteiger partial charge is 0.463 e. The molecule has 68 valence electrons. The van der Waals surface area contributed by atoms with Gasteiger partial charge in [0.1, 0.15) is 0 Å². The molecule has 0 aliphatic carbocycles. The van der Waals surface area contributed by atoms with Crippen LogP contribution in [0.3, 0.4) is 0 Å². The standard InChI is InChI=1S/C10H16O2/c1-3-5-7-8-10(11)12-9-6-4-2/h3,5,7-8H,4,6,9H2,1-2H3/b5-3+,8-7+. The van der Waals surface area contributed by atoms with E-state index in [0.717, 1.165) is 12.8 Å². The van der Waals surface area contributed by atoms with E-state index in [1.807, 2.05) is 13.0 Å². The van der Waals surface area contributed by atoms with Crippen LogP contribution in [0.5, 0.6) is 0 Å². The van der Waals surface area contributed by atoms with Gasteiger partial charge in [0.2, 0.25) is 0 Å². The van der Waals surface area contributed by atoms with E-state index in [-0.39, 0.29) is 5.97 Å². The van der Waals surface area contributed by atoms with E-state index < -0.39 is 0 Å². The Morgan fingerprint density at radius 3 is 2.75 bits per heavy atom. The van der Waals surface area contributed by atoms with Crippen molar-refractivity contribution in [1.82, 2.24) is 0 Å². The van der Waals surface area contributed by atoms with Crippen LogP contribution in [0, 0.1) is 0 Å². The quantitative estimate of drug-likeness (QED) is 0.273. The molecule has 0 amide bonds. The zero-order chi connectivity index (χ0) is 9.23. The van der Waals surface area contributed by atoms with Crippen LogP contribution in [0.2, 0.25) is 0 Å². The van der Waals surface area contributed by atoms with Gasteiger partial charge in [-0.2, -0.15) is 0 Å². The molecule has 0 fully saturated rings. The summed E-state index contributed by atoms with van der Waals surface area (Å²) in [5.41, 5.74) is 0. The van der Waals surface area contributed by atoms with Gasteiger partial charge in [0.15, 0.2) is 0 Å². The molecule has 0 aromatic carbocycles. The molecule has 0 aliphatic heterocycles. The fourth-order valence-corrected chi connectivity index (χ4v) is 0.610. The van der Waals surface area contributed by atoms with E-state index >= 15 is 0 Å². The first-order chi connectivity index (χ1) is 5.81. The predicted octanol–water partition coefficient (Wildman–Crippen LogP) is 2.46. The second-order valence-corrected chi connectivity index (χ2v) is 2.41. The number of rotatable bonds is 5. The van der Waals surface area contributed by atoms with Gasteiger partial charge in [0.05, 0.1) is 6.61 Å². The summed E-state index contributed by atoms with van der Waals surface area (Å²) in [4.78, 5) is 10.8. The van der Waals surface area contributed by atoms with Crippen LogP contribution in [0.1, 0.15) is 26.7 Å². The highest BCUT2D eigenvalue weighted by molar-refractivity contribution is 5.82. The number of carbonyl (C=O) groups is 1. The van der Waals surface area contributed by atoms with Gasteiger partial charge in [-0.05, 0) is 13.3 Å². The van der Waals surface area contributed by atoms with Crippen molar-refractivity contribution in [3.8, 4) is 0 Å². The number of allylic oxidation sites excluding steroid dienone is 3. The number of carbonyl (C=O) groups excluding carboxylic acids is 1. The molecular formula is C10H16O2. The summed E-state index contributed by atoms with van der Waals surface area (Å²) in [6, 6.07) is 0. The van der Waals surface area contributed by atoms with Crippen LogP contribution in [-0.4, -0.2) is 12.6 Å². The van der Waals surface area contributed by atoms with Crippen LogP contribution in [0.15, 0.2) is 24.3 Å². The van der Waals surface area contributed by atoms with E-state index in [2.05, 4.69) is 6.92 Å². The highest BCUT2D eigenvalue weighted by Crippen LogP contribution is 1.89. The lowest BCUT2D eigenvalue weighted by molar-refractivity contribution is -0.137. The van der Waals surface area contributed by atoms with Crippen molar-refractivity contribution in [2.45, 2.75) is 26.7 Å². The Labute approximate surface area is 73.9 Å². The molecule has 0 atom stereocenters. The molecule has 0 N–H and O–H groups in total. The molecule has 2 nitrogen and oxygen atoms in total. The fraction of sp³-hybridized carbons (Fsp3) is 0.500. The van der Waals surface area contributed by atoms with E-state index in [0.29, 0.717) is 6.61 Å². The van der Waals surface area contributed by atoms with Crippen LogP contribution < -0.4 is 0 Å². The number of hydrogen-bond donors (Lipinski definition) is 0. The van der Waals surface area contributed by atoms with Gasteiger partial charge in [0, 0.05) is 6.08 Å². The van der Waals surface area contributed by atoms with Crippen LogP contribution in [0.4, 0.5) is 0 Å². The summed E-state index contributed by atoms with van der Waals surface area (Å²) < 4.78 is 4.87. The third kappa shape index (κ3) is 7.06. The number of hydrogen-bond acceptors (Lipinski definition) is 2. The molecule has 0 aromatic heterocycles. The van der Waals surface area contributed by atoms with Gasteiger partial charge in [-0.3, -0.25) is 0 Å². The first kappa shape index (κ1) is 11.0. The first-order valence-electron chi connectivity index (χ1n) is 4.27. The van der Waals surface area contributed by atoms with Crippen LogP contribution in [-0.2, 0) is 9.53 Å². The average molecular weight is 168 g/mol. The van der Waals surface area contributed by atoms with Crippen molar-refractivity contribution in [2.24, 2.45) is 0 Å². The molecule has 0 heterocycles. The molecule has 0 saturated carbocycles. The minimum atomic E-state index is -0.262. The SMILES string of the molecule is C/C=C/C=C/C(=O)OCCCC. The van der Waals surface area contributed by atoms with Crippen molar-refractivity contribution >= 4 is 5.97 Å². The van der Waals surface area contributed by atoms with Gasteiger partial charge in [-0.1, -0.05) is 31.6 Å². The van der Waals surface area contributed by atoms with Crippen molar-refractivity contribution in [3.05, 3.63) is 24.3 Å². The monoisotopic (exact) mass is 168 g/mol. The maximum atomic E-state index is 10.8. The average Bonchev–Trinajstić information content (AvgIpc) is 2.06. The Bertz CT molecular complexity index is 169. The molecule has 0 aliphatic rings. The molecule has 0 saturated heterocycles. The Balaban J connectivity index is 3.45. The van der Waals surface area contributed by atoms with Gasteiger partial charge in [-0.25, -0.2) is 4.79 Å². The van der Waals surface area contributed by atoms with Crippen molar-refractivity contribution < 1.29 is 9.53 Å². The molecule has 2 heteroatoms. The second kappa shape index (κ2) is 8.05. The van der Waals surface area contributed by atoms with E-state index in [4.69, 9.17) is 4.74 Å². The topological polar surface area (TPSA) is 26.3 Å². The summed E-state index contributed by atoms with van der Waals surface area (Å²) >= 11 is 0. The molecule has 0 bridgehead atoms. The number of unbranched alkanes of at least 4 members (excludes halogenated alkanes) is 1. The Kier molecular flexibility index (Phi) is 7.35. The highest BCUT2D eigenvalue weighted by Gasteiger charge is 1.93. The first-order valence-corrected chi connectivity index (χ1v) is 4.27. The lowest BCUT2D eigenvalue weighted by atomic mass is 10.4. The highest BCUT2D eigenvalue weighted by atomic mass is 16.5. The predicted molar refractivity (Wildman–Crippen MR) is 49.8 cm³/mol. The van der Waals surface area contributed by atoms with Crippen molar-refractivity contribution in [3.63, 3.8) is 0 Å². The van der Waals surface area contributed by atoms with Gasteiger partial charge in [0.25, 0.3) is 0 Å². The lowest BCUT2D eigenvalue weighted by Gasteiger charge is -1.97. The maximum absolute atomic E-state index is 10.8. The van der Waals surface area contributed by atoms with Crippen molar-refractivity contribution in [2.75, 3.05) is 6.61 Å². The lowest BCUT2D eigenvalue weighted by Crippen LogP contribution is -2.01. The van der Waals surface area contributed by atoms with Crippen LogP contribution >= 0.6 is 0 Å². The van der Waals surface area contributed by atoms with Gasteiger partial charge < -0.3 is 4.74 Å². The van der Waals surface area contributed by atoms with E-state index in [1.165, 1.54) is 6.08 Å². The maximum Gasteiger partial charge on any atom is 0.330 e. The van der Waals surface area contributed by atoms with E-state index in [1.54, 1.807) is 12.2 Å². The third-order valence-electron chi connectivity index (χ3n) is 1.28. The summed E-state index contributed by atoms with van der Waals surface area (Å²) in [5.74, 6) is -0.262. The molecular weight excluding hydrogens is 152 g/mol. The molecule has 0 aromatic rings. The summed E-state index contributed by atoms with van der Waals surface area (Å²) in [6.07, 6.45) is 8.73. The molecule has 0 spiro atoms. The smallest absolute Gasteiger partial charge is 0.330 e. The number of ether oxygens (including phenoxy) is 1. The normalized spacial score (nSPS) is 11.2. The third-order valence-corrected chi connectivity index (χ3v) is 1.28. The Hall–Kier alpha value is -1.05. The minimum absolute atomic E-state index is 0.262. The van der Waals surface area contributed by atoms with Crippen LogP contribution in [0.25, 0.3) is 0 Å². The number of esters is 1. The molecule has 0 rings (SSSR count). The zero-order valence-electron chi connectivity index (χ0n) is 7.75.